The number of piperazine rings is 1. The number of aryl methyl sites for hydroxylation is 2. The van der Waals surface area contributed by atoms with Crippen molar-refractivity contribution < 1.29 is 33.8 Å². The Bertz CT molecular complexity index is 2810. The smallest absolute Gasteiger partial charge is 0.263 e. The average molecular weight is 976 g/mol. The number of aliphatic hydroxyl groups excluding tert-OH is 1. The average Bonchev–Trinajstić information content (AvgIpc) is 4.12. The molecular formula is C50H61N11O8S. The van der Waals surface area contributed by atoms with Crippen molar-refractivity contribution >= 4 is 69.2 Å². The van der Waals surface area contributed by atoms with Crippen LogP contribution in [0.1, 0.15) is 93.0 Å². The van der Waals surface area contributed by atoms with Gasteiger partial charge < -0.3 is 40.5 Å². The molecular weight excluding hydrogens is 915 g/mol. The summed E-state index contributed by atoms with van der Waals surface area (Å²) in [5.74, 6) is -1.27. The lowest BCUT2D eigenvalue weighted by atomic mass is 9.85. The monoisotopic (exact) mass is 975 g/mol. The van der Waals surface area contributed by atoms with Gasteiger partial charge in [-0.25, -0.2) is 15.0 Å². The van der Waals surface area contributed by atoms with Gasteiger partial charge in [0.25, 0.3) is 5.56 Å². The Morgan fingerprint density at radius 2 is 1.66 bits per heavy atom. The Balaban J connectivity index is 0.797. The summed E-state index contributed by atoms with van der Waals surface area (Å²) in [4.78, 5) is 104. The lowest BCUT2D eigenvalue weighted by Gasteiger charge is -2.36. The van der Waals surface area contributed by atoms with E-state index in [0.29, 0.717) is 48.6 Å². The number of ketones is 1. The lowest BCUT2D eigenvalue weighted by molar-refractivity contribution is -0.145. The summed E-state index contributed by atoms with van der Waals surface area (Å²) in [7, 11) is 0. The van der Waals surface area contributed by atoms with E-state index in [9.17, 15) is 33.9 Å². The molecule has 0 bridgehead atoms. The summed E-state index contributed by atoms with van der Waals surface area (Å²) < 4.78 is 7.24. The number of pyridine rings is 2. The minimum atomic E-state index is -1.05. The minimum absolute atomic E-state index is 0.0363. The highest BCUT2D eigenvalue weighted by Gasteiger charge is 2.44. The van der Waals surface area contributed by atoms with Crippen LogP contribution >= 0.6 is 11.3 Å². The van der Waals surface area contributed by atoms with Gasteiger partial charge in [0.1, 0.15) is 36.8 Å². The number of rotatable bonds is 15. The van der Waals surface area contributed by atoms with Gasteiger partial charge in [-0.3, -0.25) is 33.3 Å². The highest BCUT2D eigenvalue weighted by atomic mass is 32.1. The first-order valence-corrected chi connectivity index (χ1v) is 24.7. The van der Waals surface area contributed by atoms with Crippen molar-refractivity contribution in [3.05, 3.63) is 87.0 Å². The Hall–Kier alpha value is -6.64. The van der Waals surface area contributed by atoms with E-state index >= 15 is 0 Å². The van der Waals surface area contributed by atoms with Gasteiger partial charge in [-0.1, -0.05) is 57.9 Å². The number of aliphatic hydroxyl groups is 1. The highest BCUT2D eigenvalue weighted by molar-refractivity contribution is 7.13. The number of carbonyl (C=O) groups is 5. The lowest BCUT2D eigenvalue weighted by Crippen LogP contribution is -2.58. The second kappa shape index (κ2) is 21.2. The predicted octanol–water partition coefficient (Wildman–Crippen LogP) is 4.46. The summed E-state index contributed by atoms with van der Waals surface area (Å²) in [6.45, 7) is 11.8. The van der Waals surface area contributed by atoms with Crippen LogP contribution in [0.5, 0.6) is 0 Å². The third-order valence-electron chi connectivity index (χ3n) is 13.4. The maximum absolute atomic E-state index is 14.1. The quantitative estimate of drug-likeness (QED) is 0.106. The molecule has 70 heavy (non-hydrogen) atoms. The van der Waals surface area contributed by atoms with Crippen LogP contribution in [0.4, 0.5) is 17.5 Å². The molecule has 3 atom stereocenters. The molecule has 4 aromatic heterocycles. The van der Waals surface area contributed by atoms with Crippen LogP contribution in [0.25, 0.3) is 21.5 Å². The fourth-order valence-electron chi connectivity index (χ4n) is 9.59. The molecule has 19 nitrogen and oxygen atoms in total. The maximum atomic E-state index is 14.1. The molecule has 1 aromatic carbocycles. The molecule has 8 rings (SSSR count). The Labute approximate surface area is 410 Å². The molecule has 1 saturated carbocycles. The van der Waals surface area contributed by atoms with Gasteiger partial charge in [-0.15, -0.1) is 11.3 Å². The number of thiazole rings is 1. The van der Waals surface area contributed by atoms with Crippen LogP contribution in [0, 0.1) is 19.3 Å². The summed E-state index contributed by atoms with van der Waals surface area (Å²) in [5.41, 5.74) is 5.68. The fourth-order valence-corrected chi connectivity index (χ4v) is 10.4. The molecule has 1 aliphatic carbocycles. The van der Waals surface area contributed by atoms with E-state index in [1.807, 2.05) is 43.3 Å². The van der Waals surface area contributed by atoms with E-state index in [1.165, 1.54) is 11.8 Å². The first-order chi connectivity index (χ1) is 33.5. The van der Waals surface area contributed by atoms with Gasteiger partial charge in [-0.05, 0) is 67.9 Å². The second-order valence-corrected chi connectivity index (χ2v) is 20.3. The van der Waals surface area contributed by atoms with E-state index in [0.717, 1.165) is 53.1 Å². The minimum Gasteiger partial charge on any atom is -0.391 e. The summed E-state index contributed by atoms with van der Waals surface area (Å²) in [6, 6.07) is 9.52. The van der Waals surface area contributed by atoms with Gasteiger partial charge in [-0.2, -0.15) is 4.98 Å². The van der Waals surface area contributed by atoms with E-state index in [-0.39, 0.29) is 60.9 Å². The zero-order chi connectivity index (χ0) is 49.9. The van der Waals surface area contributed by atoms with Gasteiger partial charge >= 0.3 is 0 Å². The number of hydrogen-bond donors (Lipinski definition) is 4. The van der Waals surface area contributed by atoms with Crippen molar-refractivity contribution in [2.24, 2.45) is 5.41 Å². The van der Waals surface area contributed by atoms with Gasteiger partial charge in [0.15, 0.2) is 5.78 Å². The third-order valence-corrected chi connectivity index (χ3v) is 14.4. The Kier molecular flexibility index (Phi) is 15.0. The molecule has 6 heterocycles. The van der Waals surface area contributed by atoms with Crippen LogP contribution in [-0.2, 0) is 30.5 Å². The van der Waals surface area contributed by atoms with E-state index in [1.54, 1.807) is 66.4 Å². The molecule has 4 N–H and O–H groups in total. The van der Waals surface area contributed by atoms with Crippen molar-refractivity contribution in [1.82, 2.24) is 44.9 Å². The van der Waals surface area contributed by atoms with Gasteiger partial charge in [0.05, 0.1) is 39.6 Å². The van der Waals surface area contributed by atoms with Crippen LogP contribution in [0.3, 0.4) is 0 Å². The number of nitrogens with zero attached hydrogens (tertiary/aromatic N) is 8. The van der Waals surface area contributed by atoms with Gasteiger partial charge in [0.2, 0.25) is 29.6 Å². The molecule has 2 aliphatic heterocycles. The maximum Gasteiger partial charge on any atom is 0.263 e. The molecule has 20 heteroatoms. The first-order valence-electron chi connectivity index (χ1n) is 23.8. The van der Waals surface area contributed by atoms with Crippen LogP contribution < -0.4 is 26.4 Å². The highest BCUT2D eigenvalue weighted by Crippen LogP contribution is 2.33. The molecule has 4 amide bonds. The van der Waals surface area contributed by atoms with Crippen LogP contribution in [0.2, 0.25) is 0 Å². The number of carbonyl (C=O) groups excluding carboxylic acids is 5. The molecule has 1 unspecified atom stereocenters. The van der Waals surface area contributed by atoms with Crippen molar-refractivity contribution in [2.45, 2.75) is 104 Å². The standard InChI is InChI=1S/C50H61N11O8S/c1-29-37-24-53-49(57-45(37)61(34-9-7-8-10-34)47(67)42(29)31(3)62)55-39-16-15-35(23-51-39)58-17-19-59(20-18-58)41(65)27-69-26-40(64)56-44(50(4,5)6)48(68)60-25-36(63)21-38(60)46(66)52-22-32-11-13-33(14-12-32)43-30(2)54-28-70-43/h11-16,23-24,28,34,36,38,44,63H,7-10,17-22,25-27H2,1-6H3,(H,52,66)(H,56,64)(H,51,53,55,57)/t36-,38+,44?/m1/s1. The number of fused-ring (bicyclic) bond motifs is 1. The number of nitrogens with one attached hydrogen (secondary N) is 3. The van der Waals surface area contributed by atoms with Crippen molar-refractivity contribution in [3.8, 4) is 10.4 Å². The molecule has 3 fully saturated rings. The van der Waals surface area contributed by atoms with Crippen molar-refractivity contribution in [2.75, 3.05) is 56.2 Å². The number of ether oxygens (including phenoxy) is 1. The molecule has 0 radical (unpaired) electrons. The second-order valence-electron chi connectivity index (χ2n) is 19.4. The zero-order valence-corrected chi connectivity index (χ0v) is 41.3. The molecule has 2 saturated heterocycles. The summed E-state index contributed by atoms with van der Waals surface area (Å²) in [5, 5.41) is 20.1. The number of Topliss-reactive ketones (excluding diaryl/α,β-unsaturated/α-hetero) is 1. The predicted molar refractivity (Wildman–Crippen MR) is 265 cm³/mol. The molecule has 5 aromatic rings. The molecule has 370 valence electrons. The fraction of sp³-hybridized carbons (Fsp3) is 0.480. The van der Waals surface area contributed by atoms with E-state index < -0.39 is 47.9 Å². The SMILES string of the molecule is CC(=O)c1c(C)c2cnc(Nc3ccc(N4CCN(C(=O)COCC(=O)NC(C(=O)N5C[C@H](O)C[C@H]5C(=O)NCc5ccc(-c6scnc6C)cc5)C(C)(C)C)CC4)cn3)nc2n(C2CCCC2)c1=O. The zero-order valence-electron chi connectivity index (χ0n) is 40.5. The molecule has 0 spiro atoms. The Morgan fingerprint density at radius 1 is 0.929 bits per heavy atom. The van der Waals surface area contributed by atoms with Gasteiger partial charge in [0, 0.05) is 63.3 Å². The summed E-state index contributed by atoms with van der Waals surface area (Å²) >= 11 is 1.56. The van der Waals surface area contributed by atoms with Crippen molar-refractivity contribution in [3.63, 3.8) is 0 Å². The number of benzene rings is 1. The number of amides is 4. The number of anilines is 3. The number of likely N-dealkylation sites (tertiary alicyclic amines) is 1. The van der Waals surface area contributed by atoms with Crippen LogP contribution in [-0.4, -0.2) is 133 Å². The van der Waals surface area contributed by atoms with E-state index in [2.05, 4.69) is 35.8 Å². The largest absolute Gasteiger partial charge is 0.391 e. The van der Waals surface area contributed by atoms with Crippen LogP contribution in [0.15, 0.2) is 59.1 Å². The topological polar surface area (TPSA) is 234 Å². The van der Waals surface area contributed by atoms with E-state index in [4.69, 9.17) is 9.72 Å². The number of β-amino-alcohol motifs (C(OH)–C–C–N with tert-alkyl or cyclic N) is 1. The normalized spacial score (nSPS) is 18.0. The number of aromatic nitrogens is 5. The van der Waals surface area contributed by atoms with Crippen molar-refractivity contribution in [1.29, 1.82) is 0 Å². The molecule has 3 aliphatic rings. The first kappa shape index (κ1) is 49.8. The Morgan fingerprint density at radius 3 is 2.30 bits per heavy atom. The number of hydrogen-bond acceptors (Lipinski definition) is 15. The third kappa shape index (κ3) is 11.0. The summed E-state index contributed by atoms with van der Waals surface area (Å²) in [6.07, 6.45) is 6.22.